The van der Waals surface area contributed by atoms with Crippen LogP contribution in [0.5, 0.6) is 0 Å². The van der Waals surface area contributed by atoms with Crippen LogP contribution in [0.25, 0.3) is 11.0 Å². The van der Waals surface area contributed by atoms with Crippen LogP contribution in [0.1, 0.15) is 27.6 Å². The highest BCUT2D eigenvalue weighted by Gasteiger charge is 2.47. The Bertz CT molecular complexity index is 953. The lowest BCUT2D eigenvalue weighted by molar-refractivity contribution is 0.0950. The van der Waals surface area contributed by atoms with Crippen LogP contribution < -0.4 is 5.63 Å². The molecule has 1 saturated heterocycles. The molecule has 2 unspecified atom stereocenters. The van der Waals surface area contributed by atoms with Gasteiger partial charge in [0.05, 0.1) is 0 Å². The summed E-state index contributed by atoms with van der Waals surface area (Å²) in [4.78, 5) is 24.6. The van der Waals surface area contributed by atoms with Gasteiger partial charge in [-0.2, -0.15) is 0 Å². The molecule has 1 fully saturated rings. The summed E-state index contributed by atoms with van der Waals surface area (Å²) in [6, 6.07) is 16.5. The van der Waals surface area contributed by atoms with Crippen LogP contribution in [-0.2, 0) is 4.74 Å². The summed E-state index contributed by atoms with van der Waals surface area (Å²) in [5, 5.41) is 0.725. The number of benzene rings is 2. The lowest BCUT2D eigenvalue weighted by Crippen LogP contribution is -2.18. The summed E-state index contributed by atoms with van der Waals surface area (Å²) in [7, 11) is 0. The predicted octanol–water partition coefficient (Wildman–Crippen LogP) is 3.42. The van der Waals surface area contributed by atoms with Crippen molar-refractivity contribution in [3.63, 3.8) is 0 Å². The number of rotatable bonds is 3. The SMILES string of the molecule is Cc1ccc(C2OC2C(=O)c2cc3ccccc3oc2=O)cc1. The molecule has 2 atom stereocenters. The van der Waals surface area contributed by atoms with Crippen molar-refractivity contribution >= 4 is 16.8 Å². The summed E-state index contributed by atoms with van der Waals surface area (Å²) in [5.41, 5.74) is 1.99. The maximum absolute atomic E-state index is 12.5. The number of carbonyl (C=O) groups excluding carboxylic acids is 1. The highest BCUT2D eigenvalue weighted by atomic mass is 16.6. The largest absolute Gasteiger partial charge is 0.422 e. The summed E-state index contributed by atoms with van der Waals surface area (Å²) in [6.45, 7) is 2.00. The molecule has 0 spiro atoms. The minimum atomic E-state index is -0.619. The molecule has 3 aromatic rings. The van der Waals surface area contributed by atoms with Crippen molar-refractivity contribution in [1.82, 2.24) is 0 Å². The van der Waals surface area contributed by atoms with E-state index < -0.39 is 11.7 Å². The van der Waals surface area contributed by atoms with Gasteiger partial charge in [0.15, 0.2) is 6.10 Å². The third kappa shape index (κ3) is 2.47. The van der Waals surface area contributed by atoms with E-state index >= 15 is 0 Å². The number of ketones is 1. The smallest absolute Gasteiger partial charge is 0.347 e. The Balaban J connectivity index is 1.64. The van der Waals surface area contributed by atoms with E-state index in [2.05, 4.69) is 0 Å². The molecule has 0 radical (unpaired) electrons. The van der Waals surface area contributed by atoms with E-state index in [1.807, 2.05) is 37.3 Å². The highest BCUT2D eigenvalue weighted by Crippen LogP contribution is 2.40. The van der Waals surface area contributed by atoms with Crippen molar-refractivity contribution in [2.45, 2.75) is 19.1 Å². The molecule has 0 aliphatic carbocycles. The monoisotopic (exact) mass is 306 g/mol. The number of carbonyl (C=O) groups is 1. The van der Waals surface area contributed by atoms with Crippen LogP contribution in [0.2, 0.25) is 0 Å². The van der Waals surface area contributed by atoms with Gasteiger partial charge in [0.2, 0.25) is 5.78 Å². The fraction of sp³-hybridized carbons (Fsp3) is 0.158. The van der Waals surface area contributed by atoms with E-state index in [0.29, 0.717) is 5.58 Å². The number of fused-ring (bicyclic) bond motifs is 1. The molecule has 0 amide bonds. The third-order valence-corrected chi connectivity index (χ3v) is 4.06. The van der Waals surface area contributed by atoms with Gasteiger partial charge in [-0.1, -0.05) is 48.0 Å². The number of para-hydroxylation sites is 1. The Kier molecular flexibility index (Phi) is 3.13. The van der Waals surface area contributed by atoms with Gasteiger partial charge in [-0.15, -0.1) is 0 Å². The van der Waals surface area contributed by atoms with E-state index in [9.17, 15) is 9.59 Å². The number of Topliss-reactive ketones (excluding diaryl/α,β-unsaturated/α-hetero) is 1. The van der Waals surface area contributed by atoms with Crippen LogP contribution in [0.4, 0.5) is 0 Å². The first-order valence-corrected chi connectivity index (χ1v) is 7.42. The zero-order valence-corrected chi connectivity index (χ0v) is 12.5. The van der Waals surface area contributed by atoms with Crippen LogP contribution in [0.15, 0.2) is 63.8 Å². The lowest BCUT2D eigenvalue weighted by Gasteiger charge is -2.00. The van der Waals surface area contributed by atoms with Crippen LogP contribution >= 0.6 is 0 Å². The van der Waals surface area contributed by atoms with Gasteiger partial charge >= 0.3 is 5.63 Å². The molecular formula is C19H14O4. The number of hydrogen-bond acceptors (Lipinski definition) is 4. The molecular weight excluding hydrogens is 292 g/mol. The number of aryl methyl sites for hydroxylation is 1. The first kappa shape index (κ1) is 13.9. The molecule has 1 aliphatic rings. The van der Waals surface area contributed by atoms with E-state index in [1.54, 1.807) is 24.3 Å². The van der Waals surface area contributed by atoms with Gasteiger partial charge in [-0.3, -0.25) is 4.79 Å². The van der Waals surface area contributed by atoms with Gasteiger partial charge in [0, 0.05) is 5.39 Å². The Labute approximate surface area is 132 Å². The Morgan fingerprint density at radius 3 is 2.57 bits per heavy atom. The van der Waals surface area contributed by atoms with Crippen LogP contribution in [0, 0.1) is 6.92 Å². The van der Waals surface area contributed by atoms with Crippen LogP contribution in [-0.4, -0.2) is 11.9 Å². The van der Waals surface area contributed by atoms with Crippen molar-refractivity contribution in [3.8, 4) is 0 Å². The molecule has 114 valence electrons. The molecule has 4 rings (SSSR count). The first-order chi connectivity index (χ1) is 11.1. The molecule has 2 heterocycles. The summed E-state index contributed by atoms with van der Waals surface area (Å²) in [6.07, 6.45) is -0.893. The molecule has 0 bridgehead atoms. The van der Waals surface area contributed by atoms with Crippen LogP contribution in [0.3, 0.4) is 0 Å². The van der Waals surface area contributed by atoms with Gasteiger partial charge in [-0.25, -0.2) is 4.79 Å². The molecule has 4 nitrogen and oxygen atoms in total. The van der Waals surface area contributed by atoms with Crippen molar-refractivity contribution < 1.29 is 13.9 Å². The van der Waals surface area contributed by atoms with E-state index in [1.165, 1.54) is 0 Å². The first-order valence-electron chi connectivity index (χ1n) is 7.42. The van der Waals surface area contributed by atoms with Gasteiger partial charge in [0.25, 0.3) is 0 Å². The molecule has 2 aromatic carbocycles. The Morgan fingerprint density at radius 1 is 1.04 bits per heavy atom. The predicted molar refractivity (Wildman–Crippen MR) is 85.6 cm³/mol. The number of epoxide rings is 1. The van der Waals surface area contributed by atoms with Crippen molar-refractivity contribution in [3.05, 3.63) is 81.7 Å². The second-order valence-corrected chi connectivity index (χ2v) is 5.74. The second-order valence-electron chi connectivity index (χ2n) is 5.74. The zero-order valence-electron chi connectivity index (χ0n) is 12.5. The number of ether oxygens (including phenoxy) is 1. The molecule has 23 heavy (non-hydrogen) atoms. The maximum Gasteiger partial charge on any atom is 0.347 e. The molecule has 4 heteroatoms. The van der Waals surface area contributed by atoms with E-state index in [-0.39, 0.29) is 17.5 Å². The quantitative estimate of drug-likeness (QED) is 0.422. The average Bonchev–Trinajstić information content (AvgIpc) is 3.35. The maximum atomic E-state index is 12.5. The van der Waals surface area contributed by atoms with Crippen molar-refractivity contribution in [1.29, 1.82) is 0 Å². The van der Waals surface area contributed by atoms with Gasteiger partial charge in [0.1, 0.15) is 17.3 Å². The molecule has 1 aromatic heterocycles. The fourth-order valence-corrected chi connectivity index (χ4v) is 2.71. The number of hydrogen-bond donors (Lipinski definition) is 0. The average molecular weight is 306 g/mol. The summed E-state index contributed by atoms with van der Waals surface area (Å²) >= 11 is 0. The van der Waals surface area contributed by atoms with Crippen molar-refractivity contribution in [2.24, 2.45) is 0 Å². The van der Waals surface area contributed by atoms with Crippen molar-refractivity contribution in [2.75, 3.05) is 0 Å². The summed E-state index contributed by atoms with van der Waals surface area (Å²) < 4.78 is 10.7. The topological polar surface area (TPSA) is 59.8 Å². The molecule has 0 N–H and O–H groups in total. The minimum absolute atomic E-state index is 0.0447. The lowest BCUT2D eigenvalue weighted by atomic mass is 10.0. The Morgan fingerprint density at radius 2 is 1.78 bits per heavy atom. The summed E-state index contributed by atoms with van der Waals surface area (Å²) in [5.74, 6) is -0.324. The van der Waals surface area contributed by atoms with Gasteiger partial charge in [-0.05, 0) is 24.6 Å². The fourth-order valence-electron chi connectivity index (χ4n) is 2.71. The highest BCUT2D eigenvalue weighted by molar-refractivity contribution is 6.02. The Hall–Kier alpha value is -2.72. The third-order valence-electron chi connectivity index (χ3n) is 4.06. The molecule has 1 aliphatic heterocycles. The zero-order chi connectivity index (χ0) is 16.0. The second kappa shape index (κ2) is 5.18. The molecule has 0 saturated carbocycles. The van der Waals surface area contributed by atoms with E-state index in [4.69, 9.17) is 9.15 Å². The standard InChI is InChI=1S/C19H14O4/c1-11-6-8-12(9-7-11)17-18(23-17)16(20)14-10-13-4-2-3-5-15(13)22-19(14)21/h2-10,17-18H,1H3. The normalized spacial score (nSPS) is 19.7. The van der Waals surface area contributed by atoms with Gasteiger partial charge < -0.3 is 9.15 Å². The van der Waals surface area contributed by atoms with E-state index in [0.717, 1.165) is 16.5 Å². The minimum Gasteiger partial charge on any atom is -0.422 e.